The maximum Gasteiger partial charge on any atom is 0.242 e. The average Bonchev–Trinajstić information content (AvgIpc) is 2.31. The SMILES string of the molecule is CN(C)C(=O)CCNS(=O)(=O)c1cc(N)ccc1Cl. The number of hydrogen-bond donors (Lipinski definition) is 2. The molecule has 0 unspecified atom stereocenters. The number of anilines is 1. The van der Waals surface area contributed by atoms with Gasteiger partial charge in [0.25, 0.3) is 0 Å². The Morgan fingerprint density at radius 2 is 2.05 bits per heavy atom. The van der Waals surface area contributed by atoms with Gasteiger partial charge in [-0.15, -0.1) is 0 Å². The summed E-state index contributed by atoms with van der Waals surface area (Å²) in [7, 11) is -0.562. The van der Waals surface area contributed by atoms with E-state index in [1.165, 1.54) is 23.1 Å². The van der Waals surface area contributed by atoms with Crippen LogP contribution in [-0.4, -0.2) is 39.9 Å². The van der Waals surface area contributed by atoms with Gasteiger partial charge < -0.3 is 10.6 Å². The third kappa shape index (κ3) is 4.38. The first kappa shape index (κ1) is 15.7. The van der Waals surface area contributed by atoms with E-state index >= 15 is 0 Å². The van der Waals surface area contributed by atoms with Crippen molar-refractivity contribution in [2.24, 2.45) is 0 Å². The lowest BCUT2D eigenvalue weighted by Gasteiger charge is -2.11. The summed E-state index contributed by atoms with van der Waals surface area (Å²) in [4.78, 5) is 12.6. The Bertz CT molecular complexity index is 573. The molecule has 0 fully saturated rings. The van der Waals surface area contributed by atoms with Crippen LogP contribution < -0.4 is 10.5 Å². The van der Waals surface area contributed by atoms with Crippen molar-refractivity contribution in [3.63, 3.8) is 0 Å². The molecule has 0 aliphatic rings. The lowest BCUT2D eigenvalue weighted by Crippen LogP contribution is -2.30. The van der Waals surface area contributed by atoms with Gasteiger partial charge in [0.1, 0.15) is 4.90 Å². The quantitative estimate of drug-likeness (QED) is 0.782. The zero-order valence-corrected chi connectivity index (χ0v) is 12.3. The molecule has 19 heavy (non-hydrogen) atoms. The lowest BCUT2D eigenvalue weighted by molar-refractivity contribution is -0.128. The summed E-state index contributed by atoms with van der Waals surface area (Å²) < 4.78 is 26.3. The molecule has 0 atom stereocenters. The van der Waals surface area contributed by atoms with Crippen LogP contribution >= 0.6 is 11.6 Å². The summed E-state index contributed by atoms with van der Waals surface area (Å²) in [6.45, 7) is 0.00444. The van der Waals surface area contributed by atoms with E-state index in [2.05, 4.69) is 4.72 Å². The monoisotopic (exact) mass is 305 g/mol. The lowest BCUT2D eigenvalue weighted by atomic mass is 10.3. The molecule has 1 amide bonds. The number of hydrogen-bond acceptors (Lipinski definition) is 4. The summed E-state index contributed by atoms with van der Waals surface area (Å²) >= 11 is 5.82. The predicted molar refractivity (Wildman–Crippen MR) is 74.4 cm³/mol. The second kappa shape index (κ2) is 6.23. The summed E-state index contributed by atoms with van der Waals surface area (Å²) in [6, 6.07) is 4.20. The number of amides is 1. The van der Waals surface area contributed by atoms with Crippen molar-refractivity contribution in [3.05, 3.63) is 23.2 Å². The molecule has 1 rings (SSSR count). The minimum atomic E-state index is -3.77. The first-order valence-corrected chi connectivity index (χ1v) is 7.35. The van der Waals surface area contributed by atoms with Crippen molar-refractivity contribution >= 4 is 33.2 Å². The van der Waals surface area contributed by atoms with Gasteiger partial charge in [0, 0.05) is 32.7 Å². The summed E-state index contributed by atoms with van der Waals surface area (Å²) in [5.74, 6) is -0.165. The molecule has 0 aliphatic heterocycles. The third-order valence-electron chi connectivity index (χ3n) is 2.37. The molecule has 0 heterocycles. The minimum absolute atomic E-state index is 0.00444. The summed E-state index contributed by atoms with van der Waals surface area (Å²) in [5.41, 5.74) is 5.83. The third-order valence-corrected chi connectivity index (χ3v) is 4.32. The van der Waals surface area contributed by atoms with Crippen LogP contribution in [-0.2, 0) is 14.8 Å². The van der Waals surface area contributed by atoms with E-state index in [4.69, 9.17) is 17.3 Å². The van der Waals surface area contributed by atoms with Crippen molar-refractivity contribution < 1.29 is 13.2 Å². The molecule has 3 N–H and O–H groups in total. The molecule has 0 saturated heterocycles. The van der Waals surface area contributed by atoms with E-state index in [9.17, 15) is 13.2 Å². The maximum atomic E-state index is 12.0. The largest absolute Gasteiger partial charge is 0.399 e. The molecule has 0 spiro atoms. The highest BCUT2D eigenvalue weighted by Crippen LogP contribution is 2.23. The van der Waals surface area contributed by atoms with Crippen LogP contribution in [0.2, 0.25) is 5.02 Å². The fraction of sp³-hybridized carbons (Fsp3) is 0.364. The molecule has 0 bridgehead atoms. The van der Waals surface area contributed by atoms with Gasteiger partial charge in [-0.2, -0.15) is 0 Å². The zero-order chi connectivity index (χ0) is 14.6. The maximum absolute atomic E-state index is 12.0. The van der Waals surface area contributed by atoms with Crippen molar-refractivity contribution in [1.82, 2.24) is 9.62 Å². The number of carbonyl (C=O) groups excluding carboxylic acids is 1. The highest BCUT2D eigenvalue weighted by Gasteiger charge is 2.18. The van der Waals surface area contributed by atoms with E-state index in [0.717, 1.165) is 0 Å². The van der Waals surface area contributed by atoms with E-state index in [1.807, 2.05) is 0 Å². The Hall–Kier alpha value is -1.31. The Morgan fingerprint density at radius 1 is 1.42 bits per heavy atom. The molecule has 8 heteroatoms. The van der Waals surface area contributed by atoms with Gasteiger partial charge >= 0.3 is 0 Å². The summed E-state index contributed by atoms with van der Waals surface area (Å²) in [5, 5.41) is 0.0839. The number of carbonyl (C=O) groups is 1. The van der Waals surface area contributed by atoms with Gasteiger partial charge in [-0.3, -0.25) is 4.79 Å². The number of nitrogens with zero attached hydrogens (tertiary/aromatic N) is 1. The van der Waals surface area contributed by atoms with E-state index in [1.54, 1.807) is 14.1 Å². The van der Waals surface area contributed by atoms with Gasteiger partial charge in [0.05, 0.1) is 5.02 Å². The topological polar surface area (TPSA) is 92.5 Å². The highest BCUT2D eigenvalue weighted by molar-refractivity contribution is 7.89. The van der Waals surface area contributed by atoms with Gasteiger partial charge in [-0.05, 0) is 18.2 Å². The van der Waals surface area contributed by atoms with Gasteiger partial charge in [-0.25, -0.2) is 13.1 Å². The minimum Gasteiger partial charge on any atom is -0.399 e. The van der Waals surface area contributed by atoms with Crippen LogP contribution in [0.3, 0.4) is 0 Å². The standard InChI is InChI=1S/C11H16ClN3O3S/c1-15(2)11(16)5-6-14-19(17,18)10-7-8(13)3-4-9(10)12/h3-4,7,14H,5-6,13H2,1-2H3. The first-order chi connectivity index (χ1) is 8.74. The van der Waals surface area contributed by atoms with Gasteiger partial charge in [0.15, 0.2) is 0 Å². The molecule has 0 aliphatic carbocycles. The first-order valence-electron chi connectivity index (χ1n) is 5.49. The van der Waals surface area contributed by atoms with Crippen LogP contribution in [0.1, 0.15) is 6.42 Å². The number of nitrogens with one attached hydrogen (secondary N) is 1. The van der Waals surface area contributed by atoms with Crippen molar-refractivity contribution in [2.45, 2.75) is 11.3 Å². The van der Waals surface area contributed by atoms with E-state index in [-0.39, 0.29) is 28.8 Å². The van der Waals surface area contributed by atoms with Crippen LogP contribution in [0.25, 0.3) is 0 Å². The Labute approximate surface area is 117 Å². The highest BCUT2D eigenvalue weighted by atomic mass is 35.5. The second-order valence-electron chi connectivity index (χ2n) is 4.13. The molecule has 1 aromatic carbocycles. The van der Waals surface area contributed by atoms with E-state index < -0.39 is 10.0 Å². The molecule has 6 nitrogen and oxygen atoms in total. The smallest absolute Gasteiger partial charge is 0.242 e. The van der Waals surface area contributed by atoms with Crippen molar-refractivity contribution in [2.75, 3.05) is 26.4 Å². The molecule has 0 saturated carbocycles. The zero-order valence-electron chi connectivity index (χ0n) is 10.7. The number of halogens is 1. The number of nitrogens with two attached hydrogens (primary N) is 1. The molecule has 0 radical (unpaired) electrons. The molecule has 106 valence electrons. The fourth-order valence-electron chi connectivity index (χ4n) is 1.32. The number of sulfonamides is 1. The van der Waals surface area contributed by atoms with E-state index in [0.29, 0.717) is 5.69 Å². The Morgan fingerprint density at radius 3 is 2.63 bits per heavy atom. The number of rotatable bonds is 5. The average molecular weight is 306 g/mol. The van der Waals surface area contributed by atoms with Crippen molar-refractivity contribution in [3.8, 4) is 0 Å². The normalized spacial score (nSPS) is 11.3. The van der Waals surface area contributed by atoms with Crippen LogP contribution in [0, 0.1) is 0 Å². The number of nitrogen functional groups attached to an aromatic ring is 1. The van der Waals surface area contributed by atoms with Gasteiger partial charge in [0.2, 0.25) is 15.9 Å². The molecule has 1 aromatic rings. The predicted octanol–water partition coefficient (Wildman–Crippen LogP) is 0.679. The van der Waals surface area contributed by atoms with Crippen LogP contribution in [0.15, 0.2) is 23.1 Å². The number of benzene rings is 1. The molecular formula is C11H16ClN3O3S. The van der Waals surface area contributed by atoms with Crippen LogP contribution in [0.5, 0.6) is 0 Å². The molecular weight excluding hydrogens is 290 g/mol. The molecule has 0 aromatic heterocycles. The Balaban J connectivity index is 2.77. The summed E-state index contributed by atoms with van der Waals surface area (Å²) in [6.07, 6.45) is 0.0756. The van der Waals surface area contributed by atoms with Crippen LogP contribution in [0.4, 0.5) is 5.69 Å². The van der Waals surface area contributed by atoms with Gasteiger partial charge in [-0.1, -0.05) is 11.6 Å². The van der Waals surface area contributed by atoms with Crippen molar-refractivity contribution in [1.29, 1.82) is 0 Å². The Kier molecular flexibility index (Phi) is 5.16. The second-order valence-corrected chi connectivity index (χ2v) is 6.27. The fourth-order valence-corrected chi connectivity index (χ4v) is 2.88.